The fourth-order valence-electron chi connectivity index (χ4n) is 1.47. The van der Waals surface area contributed by atoms with Crippen molar-refractivity contribution in [2.75, 3.05) is 4.72 Å². The van der Waals surface area contributed by atoms with Gasteiger partial charge in [-0.25, -0.2) is 8.42 Å². The van der Waals surface area contributed by atoms with Crippen molar-refractivity contribution < 1.29 is 21.9 Å². The summed E-state index contributed by atoms with van der Waals surface area (Å²) in [5.74, 6) is -0.0325. The van der Waals surface area contributed by atoms with Gasteiger partial charge in [-0.15, -0.1) is 11.3 Å². The van der Waals surface area contributed by atoms with E-state index < -0.39 is 16.6 Å². The lowest BCUT2D eigenvalue weighted by Gasteiger charge is -2.08. The highest BCUT2D eigenvalue weighted by Crippen LogP contribution is 2.24. The minimum Gasteiger partial charge on any atom is -0.435 e. The lowest BCUT2D eigenvalue weighted by molar-refractivity contribution is -0.0498. The van der Waals surface area contributed by atoms with Gasteiger partial charge in [0.15, 0.2) is 0 Å². The summed E-state index contributed by atoms with van der Waals surface area (Å²) in [6.45, 7) is -1.10. The van der Waals surface area contributed by atoms with E-state index in [0.29, 0.717) is 0 Å². The van der Waals surface area contributed by atoms with Crippen LogP contribution in [-0.2, 0) is 10.0 Å². The van der Waals surface area contributed by atoms with E-state index in [-0.39, 0.29) is 15.6 Å². The van der Waals surface area contributed by atoms with Gasteiger partial charge in [-0.1, -0.05) is 0 Å². The van der Waals surface area contributed by atoms with Crippen molar-refractivity contribution >= 4 is 27.0 Å². The van der Waals surface area contributed by atoms with Crippen molar-refractivity contribution in [3.63, 3.8) is 0 Å². The highest BCUT2D eigenvalue weighted by Gasteiger charge is 2.16. The number of aryl methyl sites for hydroxylation is 1. The summed E-state index contributed by atoms with van der Waals surface area (Å²) in [5.41, 5.74) is 0.276. The van der Waals surface area contributed by atoms with Crippen molar-refractivity contribution in [2.45, 2.75) is 17.7 Å². The van der Waals surface area contributed by atoms with E-state index in [4.69, 9.17) is 0 Å². The van der Waals surface area contributed by atoms with Gasteiger partial charge < -0.3 is 4.74 Å². The second-order valence-electron chi connectivity index (χ2n) is 3.87. The quantitative estimate of drug-likeness (QED) is 0.918. The monoisotopic (exact) mass is 319 g/mol. The molecule has 1 aromatic heterocycles. The Balaban J connectivity index is 2.13. The second-order valence-corrected chi connectivity index (χ2v) is 7.07. The predicted molar refractivity (Wildman–Crippen MR) is 72.9 cm³/mol. The number of nitrogens with one attached hydrogen (secondary N) is 1. The van der Waals surface area contributed by atoms with E-state index >= 15 is 0 Å². The molecule has 1 N–H and O–H groups in total. The maximum Gasteiger partial charge on any atom is 0.387 e. The molecule has 4 nitrogen and oxygen atoms in total. The first-order chi connectivity index (χ1) is 9.37. The third kappa shape index (κ3) is 3.67. The Morgan fingerprint density at radius 2 is 1.80 bits per heavy atom. The van der Waals surface area contributed by atoms with E-state index in [0.717, 1.165) is 16.2 Å². The number of anilines is 1. The molecule has 20 heavy (non-hydrogen) atoms. The number of hydrogen-bond acceptors (Lipinski definition) is 4. The number of thiophene rings is 1. The summed E-state index contributed by atoms with van der Waals surface area (Å²) in [6, 6.07) is 8.47. The number of hydrogen-bond donors (Lipinski definition) is 1. The normalized spacial score (nSPS) is 11.6. The molecule has 0 spiro atoms. The van der Waals surface area contributed by atoms with E-state index in [1.807, 2.05) is 0 Å². The van der Waals surface area contributed by atoms with Crippen molar-refractivity contribution in [3.05, 3.63) is 41.3 Å². The fourth-order valence-corrected chi connectivity index (χ4v) is 3.81. The molecule has 2 aromatic rings. The van der Waals surface area contributed by atoms with Gasteiger partial charge in [-0.05, 0) is 43.3 Å². The molecule has 0 bridgehead atoms. The summed E-state index contributed by atoms with van der Waals surface area (Å²) < 4.78 is 54.8. The summed E-state index contributed by atoms with van der Waals surface area (Å²) in [7, 11) is -3.65. The van der Waals surface area contributed by atoms with Crippen LogP contribution < -0.4 is 9.46 Å². The van der Waals surface area contributed by atoms with Crippen LogP contribution >= 0.6 is 11.3 Å². The molecule has 0 saturated carbocycles. The van der Waals surface area contributed by atoms with Crippen molar-refractivity contribution in [3.8, 4) is 5.75 Å². The van der Waals surface area contributed by atoms with Crippen LogP contribution in [0.4, 0.5) is 14.5 Å². The van der Waals surface area contributed by atoms with Crippen LogP contribution in [0.2, 0.25) is 0 Å². The first kappa shape index (κ1) is 14.7. The number of halogens is 2. The number of alkyl halides is 2. The SMILES string of the molecule is Cc1ccc(S(=O)(=O)Nc2ccc(OC(F)F)cc2)s1. The molecule has 0 aliphatic heterocycles. The van der Waals surface area contributed by atoms with Crippen molar-refractivity contribution in [1.82, 2.24) is 0 Å². The lowest BCUT2D eigenvalue weighted by Crippen LogP contribution is -2.11. The maximum atomic E-state index is 12.0. The third-order valence-corrected chi connectivity index (χ3v) is 5.19. The molecular formula is C12H11F2NO3S2. The highest BCUT2D eigenvalue weighted by atomic mass is 32.2. The van der Waals surface area contributed by atoms with Crippen LogP contribution in [0.3, 0.4) is 0 Å². The van der Waals surface area contributed by atoms with Gasteiger partial charge in [0.1, 0.15) is 9.96 Å². The molecule has 1 heterocycles. The molecule has 0 amide bonds. The number of ether oxygens (including phenoxy) is 1. The number of benzene rings is 1. The number of rotatable bonds is 5. The van der Waals surface area contributed by atoms with Gasteiger partial charge in [0, 0.05) is 10.6 Å². The zero-order chi connectivity index (χ0) is 14.8. The van der Waals surface area contributed by atoms with Crippen LogP contribution in [0.15, 0.2) is 40.6 Å². The summed E-state index contributed by atoms with van der Waals surface area (Å²) in [6.07, 6.45) is 0. The number of sulfonamides is 1. The van der Waals surface area contributed by atoms with E-state index in [9.17, 15) is 17.2 Å². The van der Waals surface area contributed by atoms with Gasteiger partial charge >= 0.3 is 6.61 Å². The molecular weight excluding hydrogens is 308 g/mol. The highest BCUT2D eigenvalue weighted by molar-refractivity contribution is 7.94. The van der Waals surface area contributed by atoms with Crippen LogP contribution in [0.5, 0.6) is 5.75 Å². The average Bonchev–Trinajstić information content (AvgIpc) is 2.78. The minimum absolute atomic E-state index is 0.0325. The lowest BCUT2D eigenvalue weighted by atomic mass is 10.3. The third-order valence-electron chi connectivity index (χ3n) is 2.31. The standard InChI is InChI=1S/C12H11F2NO3S2/c1-8-2-7-11(19-8)20(16,17)15-9-3-5-10(6-4-9)18-12(13)14/h2-7,12,15H,1H3. The van der Waals surface area contributed by atoms with E-state index in [2.05, 4.69) is 9.46 Å². The van der Waals surface area contributed by atoms with Gasteiger partial charge in [0.25, 0.3) is 10.0 Å². The van der Waals surface area contributed by atoms with Crippen LogP contribution in [0, 0.1) is 6.92 Å². The van der Waals surface area contributed by atoms with Crippen LogP contribution in [0.1, 0.15) is 4.88 Å². The molecule has 0 aliphatic carbocycles. The van der Waals surface area contributed by atoms with Crippen LogP contribution in [0.25, 0.3) is 0 Å². The van der Waals surface area contributed by atoms with E-state index in [1.54, 1.807) is 13.0 Å². The Bertz CT molecular complexity index is 681. The minimum atomic E-state index is -3.65. The molecule has 2 rings (SSSR count). The molecule has 0 atom stereocenters. The largest absolute Gasteiger partial charge is 0.435 e. The Morgan fingerprint density at radius 3 is 2.30 bits per heavy atom. The Labute approximate surface area is 119 Å². The van der Waals surface area contributed by atoms with E-state index in [1.165, 1.54) is 30.3 Å². The smallest absolute Gasteiger partial charge is 0.387 e. The van der Waals surface area contributed by atoms with Crippen molar-refractivity contribution in [2.24, 2.45) is 0 Å². The second kappa shape index (κ2) is 5.76. The zero-order valence-corrected chi connectivity index (χ0v) is 12.0. The average molecular weight is 319 g/mol. The van der Waals surface area contributed by atoms with Gasteiger partial charge in [-0.2, -0.15) is 8.78 Å². The summed E-state index contributed by atoms with van der Waals surface area (Å²) in [5, 5.41) is 0. The molecule has 8 heteroatoms. The van der Waals surface area contributed by atoms with Crippen LogP contribution in [-0.4, -0.2) is 15.0 Å². The maximum absolute atomic E-state index is 12.0. The topological polar surface area (TPSA) is 55.4 Å². The van der Waals surface area contributed by atoms with Gasteiger partial charge in [-0.3, -0.25) is 4.72 Å². The summed E-state index contributed by atoms with van der Waals surface area (Å²) >= 11 is 1.15. The Hall–Kier alpha value is -1.67. The first-order valence-corrected chi connectivity index (χ1v) is 7.81. The van der Waals surface area contributed by atoms with Gasteiger partial charge in [0.05, 0.1) is 0 Å². The molecule has 0 radical (unpaired) electrons. The summed E-state index contributed by atoms with van der Waals surface area (Å²) in [4.78, 5) is 0.881. The molecule has 1 aromatic carbocycles. The van der Waals surface area contributed by atoms with Gasteiger partial charge in [0.2, 0.25) is 0 Å². The Kier molecular flexibility index (Phi) is 4.24. The molecule has 0 fully saturated rings. The first-order valence-electron chi connectivity index (χ1n) is 5.51. The molecule has 108 valence electrons. The molecule has 0 saturated heterocycles. The molecule has 0 aliphatic rings. The van der Waals surface area contributed by atoms with Crippen molar-refractivity contribution in [1.29, 1.82) is 0 Å². The zero-order valence-electron chi connectivity index (χ0n) is 10.3. The predicted octanol–water partition coefficient (Wildman–Crippen LogP) is 3.46. The Morgan fingerprint density at radius 1 is 1.15 bits per heavy atom. The fraction of sp³-hybridized carbons (Fsp3) is 0.167. The molecule has 0 unspecified atom stereocenters.